The van der Waals surface area contributed by atoms with Crippen LogP contribution in [0.3, 0.4) is 0 Å². The number of Topliss-reactive ketones (excluding diaryl/α,β-unsaturated/α-hetero) is 1. The van der Waals surface area contributed by atoms with E-state index in [2.05, 4.69) is 0 Å². The van der Waals surface area contributed by atoms with Crippen LogP contribution in [0.15, 0.2) is 0 Å². The van der Waals surface area contributed by atoms with Crippen molar-refractivity contribution in [2.24, 2.45) is 0 Å². The highest BCUT2D eigenvalue weighted by atomic mass is 16.7. The quantitative estimate of drug-likeness (QED) is 0.414. The molecule has 3 aliphatic heterocycles. The van der Waals surface area contributed by atoms with Crippen LogP contribution in [-0.4, -0.2) is 42.4 Å². The molecule has 4 nitrogen and oxygen atoms in total. The summed E-state index contributed by atoms with van der Waals surface area (Å²) < 4.78 is 15.6. The predicted molar refractivity (Wildman–Crippen MR) is 31.0 cm³/mol. The van der Waals surface area contributed by atoms with Crippen molar-refractivity contribution in [2.45, 2.75) is 36.6 Å². The average Bonchev–Trinajstić information content (AvgIpc) is 2.81. The number of hydrogen-bond donors (Lipinski definition) is 0. The molecule has 6 atom stereocenters. The molecule has 4 rings (SSSR count). The van der Waals surface area contributed by atoms with Crippen LogP contribution in [0, 0.1) is 0 Å². The lowest BCUT2D eigenvalue weighted by Gasteiger charge is -1.85. The number of ketones is 1. The van der Waals surface area contributed by atoms with E-state index in [-0.39, 0.29) is 42.4 Å². The second kappa shape index (κ2) is 1.26. The van der Waals surface area contributed by atoms with Crippen LogP contribution >= 0.6 is 0 Å². The Morgan fingerprint density at radius 3 is 1.91 bits per heavy atom. The first-order chi connectivity index (χ1) is 5.36. The van der Waals surface area contributed by atoms with E-state index in [4.69, 9.17) is 14.2 Å². The third-order valence-electron chi connectivity index (χ3n) is 2.82. The molecule has 11 heavy (non-hydrogen) atoms. The van der Waals surface area contributed by atoms with Crippen molar-refractivity contribution in [3.63, 3.8) is 0 Å². The zero-order chi connectivity index (χ0) is 7.16. The van der Waals surface area contributed by atoms with Gasteiger partial charge in [0.05, 0.1) is 0 Å². The molecule has 4 heteroatoms. The van der Waals surface area contributed by atoms with Crippen molar-refractivity contribution >= 4 is 5.78 Å². The second-order valence-corrected chi connectivity index (χ2v) is 3.51. The molecule has 6 unspecified atom stereocenters. The van der Waals surface area contributed by atoms with Crippen LogP contribution in [0.5, 0.6) is 0 Å². The van der Waals surface area contributed by atoms with Crippen molar-refractivity contribution in [3.05, 3.63) is 0 Å². The van der Waals surface area contributed by atoms with Gasteiger partial charge in [0, 0.05) is 0 Å². The number of carbonyl (C=O) groups excluding carboxylic acids is 1. The Labute approximate surface area is 62.4 Å². The van der Waals surface area contributed by atoms with Gasteiger partial charge in [0.2, 0.25) is 0 Å². The highest BCUT2D eigenvalue weighted by Crippen LogP contribution is 2.51. The number of rotatable bonds is 0. The predicted octanol–water partition coefficient (Wildman–Crippen LogP) is -1.13. The van der Waals surface area contributed by atoms with Gasteiger partial charge >= 0.3 is 0 Å². The monoisotopic (exact) mass is 154 g/mol. The maximum absolute atomic E-state index is 11.3. The van der Waals surface area contributed by atoms with Gasteiger partial charge in [0.25, 0.3) is 0 Å². The minimum Gasteiger partial charge on any atom is -0.364 e. The molecule has 1 saturated carbocycles. The Hall–Kier alpha value is -0.450. The third kappa shape index (κ3) is 0.484. The Morgan fingerprint density at radius 1 is 0.818 bits per heavy atom. The Balaban J connectivity index is 1.77. The van der Waals surface area contributed by atoms with Gasteiger partial charge in [-0.25, -0.2) is 0 Å². The van der Waals surface area contributed by atoms with Crippen LogP contribution in [0.25, 0.3) is 0 Å². The van der Waals surface area contributed by atoms with E-state index in [1.165, 1.54) is 0 Å². The molecular weight excluding hydrogens is 148 g/mol. The standard InChI is InChI=1S/C7H6O4/c8-1-2-4(9-2)6-7(11-6)5-3(1)10-5/h2-7H. The second-order valence-electron chi connectivity index (χ2n) is 3.51. The lowest BCUT2D eigenvalue weighted by atomic mass is 10.2. The van der Waals surface area contributed by atoms with Crippen molar-refractivity contribution in [1.82, 2.24) is 0 Å². The molecule has 0 aromatic heterocycles. The molecule has 0 aromatic rings. The van der Waals surface area contributed by atoms with E-state index >= 15 is 0 Å². The molecule has 1 aliphatic carbocycles. The molecule has 0 bridgehead atoms. The van der Waals surface area contributed by atoms with Gasteiger partial charge in [-0.15, -0.1) is 0 Å². The SMILES string of the molecule is O=C1C2OC2C2OC2C2OC12. The van der Waals surface area contributed by atoms with Crippen molar-refractivity contribution < 1.29 is 19.0 Å². The van der Waals surface area contributed by atoms with Gasteiger partial charge in [-0.2, -0.15) is 0 Å². The summed E-state index contributed by atoms with van der Waals surface area (Å²) in [5.74, 6) is 0.135. The summed E-state index contributed by atoms with van der Waals surface area (Å²) in [4.78, 5) is 11.3. The van der Waals surface area contributed by atoms with Crippen LogP contribution in [0.1, 0.15) is 0 Å². The zero-order valence-electron chi connectivity index (χ0n) is 5.60. The summed E-state index contributed by atoms with van der Waals surface area (Å²) in [6, 6.07) is 0. The van der Waals surface area contributed by atoms with E-state index in [1.54, 1.807) is 0 Å². The first-order valence-corrected chi connectivity index (χ1v) is 3.86. The summed E-state index contributed by atoms with van der Waals surface area (Å²) in [6.07, 6.45) is 0.0979. The van der Waals surface area contributed by atoms with Crippen molar-refractivity contribution in [2.75, 3.05) is 0 Å². The fourth-order valence-corrected chi connectivity index (χ4v) is 2.03. The number of epoxide rings is 3. The number of hydrogen-bond acceptors (Lipinski definition) is 4. The summed E-state index contributed by atoms with van der Waals surface area (Å²) in [5, 5.41) is 0. The smallest absolute Gasteiger partial charge is 0.195 e. The molecule has 0 spiro atoms. The highest BCUT2D eigenvalue weighted by molar-refractivity contribution is 5.93. The molecule has 3 saturated heterocycles. The van der Waals surface area contributed by atoms with Crippen LogP contribution < -0.4 is 0 Å². The van der Waals surface area contributed by atoms with Gasteiger partial charge in [0.15, 0.2) is 5.78 Å². The van der Waals surface area contributed by atoms with E-state index in [0.29, 0.717) is 0 Å². The Kier molecular flexibility index (Phi) is 0.600. The van der Waals surface area contributed by atoms with E-state index in [9.17, 15) is 4.79 Å². The molecule has 58 valence electrons. The maximum Gasteiger partial charge on any atom is 0.195 e. The minimum atomic E-state index is -0.192. The van der Waals surface area contributed by atoms with Crippen LogP contribution in [0.2, 0.25) is 0 Å². The van der Waals surface area contributed by atoms with E-state index < -0.39 is 0 Å². The first kappa shape index (κ1) is 5.24. The summed E-state index contributed by atoms with van der Waals surface area (Å²) in [5.41, 5.74) is 0. The van der Waals surface area contributed by atoms with Crippen molar-refractivity contribution in [1.29, 1.82) is 0 Å². The summed E-state index contributed by atoms with van der Waals surface area (Å²) in [6.45, 7) is 0. The molecule has 0 N–H and O–H groups in total. The molecule has 0 amide bonds. The highest BCUT2D eigenvalue weighted by Gasteiger charge is 2.73. The van der Waals surface area contributed by atoms with Gasteiger partial charge < -0.3 is 14.2 Å². The average molecular weight is 154 g/mol. The minimum absolute atomic E-state index is 0.0731. The summed E-state index contributed by atoms with van der Waals surface area (Å²) >= 11 is 0. The normalized spacial score (nSPS) is 68.9. The maximum atomic E-state index is 11.3. The molecule has 4 aliphatic rings. The molecule has 4 fully saturated rings. The number of ether oxygens (including phenoxy) is 3. The molecular formula is C7H6O4. The lowest BCUT2D eigenvalue weighted by molar-refractivity contribution is -0.121. The van der Waals surface area contributed by atoms with E-state index in [0.717, 1.165) is 0 Å². The first-order valence-electron chi connectivity index (χ1n) is 3.86. The van der Waals surface area contributed by atoms with Crippen LogP contribution in [0.4, 0.5) is 0 Å². The van der Waals surface area contributed by atoms with Crippen molar-refractivity contribution in [3.8, 4) is 0 Å². The zero-order valence-corrected chi connectivity index (χ0v) is 5.60. The number of fused-ring (bicyclic) bond motifs is 5. The molecule has 3 heterocycles. The largest absolute Gasteiger partial charge is 0.364 e. The number of carbonyl (C=O) groups is 1. The van der Waals surface area contributed by atoms with Gasteiger partial charge in [0.1, 0.15) is 36.6 Å². The van der Waals surface area contributed by atoms with Gasteiger partial charge in [-0.1, -0.05) is 0 Å². The van der Waals surface area contributed by atoms with Gasteiger partial charge in [-0.05, 0) is 0 Å². The molecule has 0 aromatic carbocycles. The van der Waals surface area contributed by atoms with E-state index in [1.807, 2.05) is 0 Å². The Bertz CT molecular complexity index is 239. The summed E-state index contributed by atoms with van der Waals surface area (Å²) in [7, 11) is 0. The topological polar surface area (TPSA) is 54.7 Å². The van der Waals surface area contributed by atoms with Crippen LogP contribution in [-0.2, 0) is 19.0 Å². The fraction of sp³-hybridized carbons (Fsp3) is 0.857. The lowest BCUT2D eigenvalue weighted by Crippen LogP contribution is -2.17. The molecule has 0 radical (unpaired) electrons. The van der Waals surface area contributed by atoms with Gasteiger partial charge in [-0.3, -0.25) is 4.79 Å². The Morgan fingerprint density at radius 2 is 1.36 bits per heavy atom. The third-order valence-corrected chi connectivity index (χ3v) is 2.82. The fourth-order valence-electron chi connectivity index (χ4n) is 2.03.